The highest BCUT2D eigenvalue weighted by Crippen LogP contribution is 2.09. The van der Waals surface area contributed by atoms with Crippen molar-refractivity contribution in [2.75, 3.05) is 13.7 Å². The molecule has 0 spiro atoms. The number of carbonyl (C=O) groups is 1. The van der Waals surface area contributed by atoms with Crippen molar-refractivity contribution < 1.29 is 14.3 Å². The van der Waals surface area contributed by atoms with E-state index < -0.39 is 0 Å². The van der Waals surface area contributed by atoms with Crippen LogP contribution in [0.4, 0.5) is 0 Å². The third-order valence-corrected chi connectivity index (χ3v) is 3.10. The molecular formula is C15H30O3. The number of rotatable bonds is 12. The molecule has 0 aromatic rings. The standard InChI is InChI=1S/C15H30O3/c1-4-6-8-9-10-11-13-18-14(12-7-5-2)15(16)17-3/h14H,4-13H2,1-3H3. The summed E-state index contributed by atoms with van der Waals surface area (Å²) in [5.41, 5.74) is 0. The van der Waals surface area contributed by atoms with E-state index in [9.17, 15) is 4.79 Å². The lowest BCUT2D eigenvalue weighted by atomic mass is 10.1. The summed E-state index contributed by atoms with van der Waals surface area (Å²) in [6.07, 6.45) is 9.93. The second-order valence-electron chi connectivity index (χ2n) is 4.79. The SMILES string of the molecule is CCCCCCCCOC(CCCC)C(=O)OC. The van der Waals surface area contributed by atoms with E-state index in [0.29, 0.717) is 6.61 Å². The first-order chi connectivity index (χ1) is 8.76. The largest absolute Gasteiger partial charge is 0.467 e. The van der Waals surface area contributed by atoms with Crippen LogP contribution in [-0.4, -0.2) is 25.8 Å². The van der Waals surface area contributed by atoms with Crippen LogP contribution < -0.4 is 0 Å². The Hall–Kier alpha value is -0.570. The summed E-state index contributed by atoms with van der Waals surface area (Å²) in [6.45, 7) is 5.01. The van der Waals surface area contributed by atoms with Crippen LogP contribution in [0.2, 0.25) is 0 Å². The van der Waals surface area contributed by atoms with Gasteiger partial charge in [0.05, 0.1) is 7.11 Å². The number of hydrogen-bond acceptors (Lipinski definition) is 3. The zero-order valence-electron chi connectivity index (χ0n) is 12.4. The van der Waals surface area contributed by atoms with Gasteiger partial charge in [0.25, 0.3) is 0 Å². The molecule has 1 unspecified atom stereocenters. The van der Waals surface area contributed by atoms with E-state index in [2.05, 4.69) is 13.8 Å². The molecule has 3 heteroatoms. The second-order valence-corrected chi connectivity index (χ2v) is 4.79. The van der Waals surface area contributed by atoms with Gasteiger partial charge in [0.15, 0.2) is 6.10 Å². The Morgan fingerprint density at radius 3 is 2.17 bits per heavy atom. The van der Waals surface area contributed by atoms with Crippen LogP contribution >= 0.6 is 0 Å². The normalized spacial score (nSPS) is 12.4. The molecule has 0 aliphatic rings. The van der Waals surface area contributed by atoms with Crippen LogP contribution in [-0.2, 0) is 14.3 Å². The van der Waals surface area contributed by atoms with E-state index >= 15 is 0 Å². The summed E-state index contributed by atoms with van der Waals surface area (Å²) in [5.74, 6) is -0.227. The van der Waals surface area contributed by atoms with Crippen molar-refractivity contribution in [1.82, 2.24) is 0 Å². The van der Waals surface area contributed by atoms with E-state index in [-0.39, 0.29) is 12.1 Å². The highest BCUT2D eigenvalue weighted by atomic mass is 16.6. The third kappa shape index (κ3) is 9.46. The summed E-state index contributed by atoms with van der Waals surface area (Å²) >= 11 is 0. The summed E-state index contributed by atoms with van der Waals surface area (Å²) in [7, 11) is 1.43. The second kappa shape index (κ2) is 12.9. The topological polar surface area (TPSA) is 35.5 Å². The molecule has 0 aromatic heterocycles. The Labute approximate surface area is 112 Å². The Balaban J connectivity index is 3.59. The summed E-state index contributed by atoms with van der Waals surface area (Å²) in [6, 6.07) is 0. The lowest BCUT2D eigenvalue weighted by Crippen LogP contribution is -2.26. The molecule has 108 valence electrons. The highest BCUT2D eigenvalue weighted by Gasteiger charge is 2.18. The van der Waals surface area contributed by atoms with E-state index in [1.165, 1.54) is 39.2 Å². The maximum Gasteiger partial charge on any atom is 0.334 e. The van der Waals surface area contributed by atoms with Crippen LogP contribution in [0.5, 0.6) is 0 Å². The number of carbonyl (C=O) groups excluding carboxylic acids is 1. The van der Waals surface area contributed by atoms with Crippen LogP contribution in [0.3, 0.4) is 0 Å². The van der Waals surface area contributed by atoms with Gasteiger partial charge in [0.2, 0.25) is 0 Å². The van der Waals surface area contributed by atoms with Gasteiger partial charge in [0, 0.05) is 6.61 Å². The number of unbranched alkanes of at least 4 members (excludes halogenated alkanes) is 6. The van der Waals surface area contributed by atoms with Gasteiger partial charge in [-0.05, 0) is 12.8 Å². The number of esters is 1. The molecule has 0 aromatic carbocycles. The highest BCUT2D eigenvalue weighted by molar-refractivity contribution is 5.74. The minimum absolute atomic E-state index is 0.227. The fourth-order valence-corrected chi connectivity index (χ4v) is 1.90. The van der Waals surface area contributed by atoms with Gasteiger partial charge in [-0.1, -0.05) is 58.8 Å². The van der Waals surface area contributed by atoms with Gasteiger partial charge in [0.1, 0.15) is 0 Å². The number of ether oxygens (including phenoxy) is 2. The molecule has 0 bridgehead atoms. The molecule has 0 heterocycles. The van der Waals surface area contributed by atoms with Crippen LogP contribution in [0.15, 0.2) is 0 Å². The minimum Gasteiger partial charge on any atom is -0.467 e. The van der Waals surface area contributed by atoms with E-state index in [1.54, 1.807) is 0 Å². The molecule has 0 amide bonds. The first-order valence-electron chi connectivity index (χ1n) is 7.45. The van der Waals surface area contributed by atoms with Crippen LogP contribution in [0.1, 0.15) is 71.6 Å². The monoisotopic (exact) mass is 258 g/mol. The molecule has 1 atom stereocenters. The number of hydrogen-bond donors (Lipinski definition) is 0. The summed E-state index contributed by atoms with van der Waals surface area (Å²) in [4.78, 5) is 11.5. The molecule has 0 aliphatic heterocycles. The van der Waals surface area contributed by atoms with Crippen LogP contribution in [0.25, 0.3) is 0 Å². The molecule has 0 fully saturated rings. The maximum absolute atomic E-state index is 11.5. The van der Waals surface area contributed by atoms with Crippen molar-refractivity contribution >= 4 is 5.97 Å². The fourth-order valence-electron chi connectivity index (χ4n) is 1.90. The third-order valence-electron chi connectivity index (χ3n) is 3.10. The van der Waals surface area contributed by atoms with Crippen molar-refractivity contribution in [2.45, 2.75) is 77.7 Å². The predicted octanol–water partition coefficient (Wildman–Crippen LogP) is 4.10. The molecule has 0 aliphatic carbocycles. The van der Waals surface area contributed by atoms with Crippen molar-refractivity contribution in [2.24, 2.45) is 0 Å². The Bertz CT molecular complexity index is 192. The van der Waals surface area contributed by atoms with Crippen molar-refractivity contribution in [3.05, 3.63) is 0 Å². The molecule has 18 heavy (non-hydrogen) atoms. The zero-order chi connectivity index (χ0) is 13.6. The first-order valence-corrected chi connectivity index (χ1v) is 7.45. The fraction of sp³-hybridized carbons (Fsp3) is 0.933. The molecular weight excluding hydrogens is 228 g/mol. The molecule has 0 N–H and O–H groups in total. The summed E-state index contributed by atoms with van der Waals surface area (Å²) in [5, 5.41) is 0. The van der Waals surface area contributed by atoms with Crippen LogP contribution in [0, 0.1) is 0 Å². The first kappa shape index (κ1) is 17.4. The molecule has 0 saturated heterocycles. The van der Waals surface area contributed by atoms with Crippen molar-refractivity contribution in [1.29, 1.82) is 0 Å². The van der Waals surface area contributed by atoms with E-state index in [1.807, 2.05) is 0 Å². The lowest BCUT2D eigenvalue weighted by molar-refractivity contribution is -0.154. The Kier molecular flexibility index (Phi) is 12.5. The number of methoxy groups -OCH3 is 1. The Morgan fingerprint density at radius 2 is 1.56 bits per heavy atom. The minimum atomic E-state index is -0.356. The predicted molar refractivity (Wildman–Crippen MR) is 74.7 cm³/mol. The van der Waals surface area contributed by atoms with Gasteiger partial charge in [-0.2, -0.15) is 0 Å². The quantitative estimate of drug-likeness (QED) is 0.390. The maximum atomic E-state index is 11.5. The van der Waals surface area contributed by atoms with Gasteiger partial charge < -0.3 is 9.47 Å². The molecule has 0 radical (unpaired) electrons. The van der Waals surface area contributed by atoms with Gasteiger partial charge in [-0.25, -0.2) is 4.79 Å². The van der Waals surface area contributed by atoms with Crippen molar-refractivity contribution in [3.63, 3.8) is 0 Å². The lowest BCUT2D eigenvalue weighted by Gasteiger charge is -2.15. The zero-order valence-corrected chi connectivity index (χ0v) is 12.4. The van der Waals surface area contributed by atoms with Crippen molar-refractivity contribution in [3.8, 4) is 0 Å². The molecule has 0 rings (SSSR count). The van der Waals surface area contributed by atoms with Gasteiger partial charge in [-0.3, -0.25) is 0 Å². The smallest absolute Gasteiger partial charge is 0.334 e. The summed E-state index contributed by atoms with van der Waals surface area (Å²) < 4.78 is 10.4. The molecule has 0 saturated carbocycles. The van der Waals surface area contributed by atoms with E-state index in [0.717, 1.165) is 25.7 Å². The van der Waals surface area contributed by atoms with Gasteiger partial charge in [-0.15, -0.1) is 0 Å². The van der Waals surface area contributed by atoms with E-state index in [4.69, 9.17) is 9.47 Å². The van der Waals surface area contributed by atoms with Gasteiger partial charge >= 0.3 is 5.97 Å². The molecule has 3 nitrogen and oxygen atoms in total. The average molecular weight is 258 g/mol. The Morgan fingerprint density at radius 1 is 0.944 bits per heavy atom. The average Bonchev–Trinajstić information content (AvgIpc) is 2.40.